The van der Waals surface area contributed by atoms with Crippen molar-refractivity contribution in [1.29, 1.82) is 0 Å². The molecule has 0 saturated carbocycles. The Morgan fingerprint density at radius 2 is 1.70 bits per heavy atom. The molecule has 2 atom stereocenters. The van der Waals surface area contributed by atoms with Crippen LogP contribution in [0.3, 0.4) is 0 Å². The third-order valence-corrected chi connectivity index (χ3v) is 6.35. The van der Waals surface area contributed by atoms with Crippen LogP contribution < -0.4 is 15.5 Å². The first kappa shape index (κ1) is 22.6. The van der Waals surface area contributed by atoms with Crippen LogP contribution in [0.1, 0.15) is 37.3 Å². The summed E-state index contributed by atoms with van der Waals surface area (Å²) in [6.07, 6.45) is 2.92. The van der Waals surface area contributed by atoms with Crippen molar-refractivity contribution in [3.63, 3.8) is 0 Å². The largest absolute Gasteiger partial charge is 0.453 e. The summed E-state index contributed by atoms with van der Waals surface area (Å²) in [4.78, 5) is 40.5. The van der Waals surface area contributed by atoms with Gasteiger partial charge in [0.15, 0.2) is 0 Å². The van der Waals surface area contributed by atoms with E-state index in [1.54, 1.807) is 0 Å². The van der Waals surface area contributed by atoms with Crippen LogP contribution in [0.5, 0.6) is 0 Å². The molecule has 2 fully saturated rings. The molecule has 8 nitrogen and oxygen atoms in total. The highest BCUT2D eigenvalue weighted by molar-refractivity contribution is 5.98. The second-order valence-electron chi connectivity index (χ2n) is 8.39. The molecule has 4 rings (SSSR count). The van der Waals surface area contributed by atoms with Gasteiger partial charge in [0.05, 0.1) is 13.2 Å². The lowest BCUT2D eigenvalue weighted by molar-refractivity contribution is -0.135. The molecular formula is C25H30N4O4. The summed E-state index contributed by atoms with van der Waals surface area (Å²) in [7, 11) is 1.24. The van der Waals surface area contributed by atoms with Gasteiger partial charge in [-0.15, -0.1) is 0 Å². The Labute approximate surface area is 193 Å². The van der Waals surface area contributed by atoms with Crippen LogP contribution in [0, 0.1) is 0 Å². The Morgan fingerprint density at radius 3 is 2.42 bits per heavy atom. The fraction of sp³-hybridized carbons (Fsp3) is 0.400. The van der Waals surface area contributed by atoms with E-state index in [1.165, 1.54) is 23.3 Å². The number of methoxy groups -OCH3 is 1. The second kappa shape index (κ2) is 10.4. The van der Waals surface area contributed by atoms with Gasteiger partial charge in [0.25, 0.3) is 0 Å². The van der Waals surface area contributed by atoms with E-state index in [9.17, 15) is 14.4 Å². The van der Waals surface area contributed by atoms with Gasteiger partial charge in [-0.25, -0.2) is 4.79 Å². The lowest BCUT2D eigenvalue weighted by atomic mass is 10.0. The molecule has 3 amide bonds. The third-order valence-electron chi connectivity index (χ3n) is 6.35. The van der Waals surface area contributed by atoms with Gasteiger partial charge in [0.2, 0.25) is 11.8 Å². The Balaban J connectivity index is 1.37. The van der Waals surface area contributed by atoms with Crippen LogP contribution in [-0.2, 0) is 14.3 Å². The molecule has 2 N–H and O–H groups in total. The molecule has 33 heavy (non-hydrogen) atoms. The quantitative estimate of drug-likeness (QED) is 0.705. The molecular weight excluding hydrogens is 420 g/mol. The van der Waals surface area contributed by atoms with Crippen LogP contribution in [-0.4, -0.2) is 55.6 Å². The van der Waals surface area contributed by atoms with E-state index in [2.05, 4.69) is 56.7 Å². The van der Waals surface area contributed by atoms with Gasteiger partial charge < -0.3 is 25.2 Å². The standard InChI is InChI=1S/C25H30N4O4/c1-33-25(32)26-17-23(30)29-16-6-10-22(29)24(31)27-19-13-11-18(12-14-19)21-9-5-15-28(21)20-7-3-2-4-8-20/h2-4,7-8,11-14,21-22H,5-6,9-10,15-17H2,1H3,(H,26,32)(H,27,31)/t21-,22-/m0/s1. The highest BCUT2D eigenvalue weighted by Crippen LogP contribution is 2.36. The molecule has 0 aromatic heterocycles. The van der Waals surface area contributed by atoms with E-state index in [1.807, 2.05) is 18.2 Å². The SMILES string of the molecule is COC(=O)NCC(=O)N1CCC[C@H]1C(=O)Nc1ccc([C@@H]2CCCN2c2ccccc2)cc1. The van der Waals surface area contributed by atoms with Crippen LogP contribution in [0.2, 0.25) is 0 Å². The highest BCUT2D eigenvalue weighted by Gasteiger charge is 2.34. The van der Waals surface area contributed by atoms with E-state index in [0.29, 0.717) is 24.7 Å². The third kappa shape index (κ3) is 5.27. The molecule has 0 aliphatic carbocycles. The molecule has 2 aromatic rings. The number of likely N-dealkylation sites (tertiary alicyclic amines) is 1. The zero-order chi connectivity index (χ0) is 23.2. The van der Waals surface area contributed by atoms with Gasteiger partial charge in [0.1, 0.15) is 12.6 Å². The summed E-state index contributed by atoms with van der Waals surface area (Å²) in [6, 6.07) is 18.2. The first-order chi connectivity index (χ1) is 16.1. The molecule has 8 heteroatoms. The summed E-state index contributed by atoms with van der Waals surface area (Å²) >= 11 is 0. The van der Waals surface area contributed by atoms with Gasteiger partial charge in [-0.1, -0.05) is 30.3 Å². The van der Waals surface area contributed by atoms with E-state index >= 15 is 0 Å². The Bertz CT molecular complexity index is 980. The minimum atomic E-state index is -0.670. The summed E-state index contributed by atoms with van der Waals surface area (Å²) in [6.45, 7) is 1.34. The van der Waals surface area contributed by atoms with Crippen LogP contribution in [0.4, 0.5) is 16.2 Å². The number of carbonyl (C=O) groups is 3. The van der Waals surface area contributed by atoms with Crippen molar-refractivity contribution >= 4 is 29.3 Å². The second-order valence-corrected chi connectivity index (χ2v) is 8.39. The Hall–Kier alpha value is -3.55. The number of alkyl carbamates (subject to hydrolysis) is 1. The maximum atomic E-state index is 12.9. The molecule has 2 heterocycles. The van der Waals surface area contributed by atoms with Gasteiger partial charge in [-0.05, 0) is 55.5 Å². The molecule has 2 aliphatic heterocycles. The van der Waals surface area contributed by atoms with Crippen molar-refractivity contribution in [3.8, 4) is 0 Å². The van der Waals surface area contributed by atoms with E-state index in [0.717, 1.165) is 25.8 Å². The number of hydrogen-bond donors (Lipinski definition) is 2. The van der Waals surface area contributed by atoms with E-state index in [-0.39, 0.29) is 18.4 Å². The average Bonchev–Trinajstić information content (AvgIpc) is 3.53. The number of carbonyl (C=O) groups excluding carboxylic acids is 3. The van der Waals surface area contributed by atoms with Crippen molar-refractivity contribution in [1.82, 2.24) is 10.2 Å². The fourth-order valence-corrected chi connectivity index (χ4v) is 4.72. The monoisotopic (exact) mass is 450 g/mol. The predicted octanol–water partition coefficient (Wildman–Crippen LogP) is 3.31. The number of rotatable bonds is 6. The fourth-order valence-electron chi connectivity index (χ4n) is 4.72. The zero-order valence-electron chi connectivity index (χ0n) is 18.8. The van der Waals surface area contributed by atoms with Crippen molar-refractivity contribution in [3.05, 3.63) is 60.2 Å². The summed E-state index contributed by atoms with van der Waals surface area (Å²) in [5, 5.41) is 5.33. The molecule has 2 saturated heterocycles. The van der Waals surface area contributed by atoms with Gasteiger partial charge >= 0.3 is 6.09 Å². The molecule has 0 spiro atoms. The molecule has 2 aliphatic rings. The molecule has 0 radical (unpaired) electrons. The maximum Gasteiger partial charge on any atom is 0.407 e. The summed E-state index contributed by atoms with van der Waals surface area (Å²) < 4.78 is 4.49. The average molecular weight is 451 g/mol. The predicted molar refractivity (Wildman–Crippen MR) is 126 cm³/mol. The number of ether oxygens (including phenoxy) is 1. The van der Waals surface area contributed by atoms with Gasteiger partial charge in [-0.3, -0.25) is 9.59 Å². The van der Waals surface area contributed by atoms with Crippen LogP contribution in [0.25, 0.3) is 0 Å². The number of anilines is 2. The molecule has 2 aromatic carbocycles. The Kier molecular flexibility index (Phi) is 7.12. The number of para-hydroxylation sites is 1. The maximum absolute atomic E-state index is 12.9. The summed E-state index contributed by atoms with van der Waals surface area (Å²) in [5.74, 6) is -0.505. The highest BCUT2D eigenvalue weighted by atomic mass is 16.5. The van der Waals surface area contributed by atoms with E-state index in [4.69, 9.17) is 0 Å². The van der Waals surface area contributed by atoms with Crippen molar-refractivity contribution in [2.45, 2.75) is 37.8 Å². The smallest absolute Gasteiger partial charge is 0.407 e. The van der Waals surface area contributed by atoms with Crippen molar-refractivity contribution < 1.29 is 19.1 Å². The van der Waals surface area contributed by atoms with Crippen LogP contribution >= 0.6 is 0 Å². The molecule has 0 bridgehead atoms. The number of hydrogen-bond acceptors (Lipinski definition) is 5. The van der Waals surface area contributed by atoms with E-state index < -0.39 is 12.1 Å². The van der Waals surface area contributed by atoms with Gasteiger partial charge in [0, 0.05) is 24.5 Å². The van der Waals surface area contributed by atoms with Crippen LogP contribution in [0.15, 0.2) is 54.6 Å². The first-order valence-corrected chi connectivity index (χ1v) is 11.4. The minimum Gasteiger partial charge on any atom is -0.453 e. The number of nitrogens with zero attached hydrogens (tertiary/aromatic N) is 2. The number of nitrogens with one attached hydrogen (secondary N) is 2. The summed E-state index contributed by atoms with van der Waals surface area (Å²) in [5.41, 5.74) is 3.16. The number of benzene rings is 2. The normalized spacial score (nSPS) is 19.9. The zero-order valence-corrected chi connectivity index (χ0v) is 18.8. The van der Waals surface area contributed by atoms with Crippen molar-refractivity contribution in [2.75, 3.05) is 37.0 Å². The lowest BCUT2D eigenvalue weighted by Gasteiger charge is -2.27. The van der Waals surface area contributed by atoms with Crippen molar-refractivity contribution in [2.24, 2.45) is 0 Å². The molecule has 174 valence electrons. The topological polar surface area (TPSA) is 91.0 Å². The first-order valence-electron chi connectivity index (χ1n) is 11.4. The Morgan fingerprint density at radius 1 is 0.970 bits per heavy atom. The van der Waals surface area contributed by atoms with Gasteiger partial charge in [-0.2, -0.15) is 0 Å². The minimum absolute atomic E-state index is 0.190. The number of amides is 3. The lowest BCUT2D eigenvalue weighted by Crippen LogP contribution is -2.47. The molecule has 0 unspecified atom stereocenters.